The van der Waals surface area contributed by atoms with E-state index in [0.29, 0.717) is 24.9 Å². The second kappa shape index (κ2) is 6.20. The third kappa shape index (κ3) is 2.98. The van der Waals surface area contributed by atoms with Crippen LogP contribution in [0.4, 0.5) is 0 Å². The summed E-state index contributed by atoms with van der Waals surface area (Å²) in [6, 6.07) is 9.07. The largest absolute Gasteiger partial charge is 0.339 e. The molecule has 0 saturated carbocycles. The maximum absolute atomic E-state index is 12.1. The molecule has 0 aliphatic carbocycles. The molecule has 3 heteroatoms. The van der Waals surface area contributed by atoms with Gasteiger partial charge in [-0.2, -0.15) is 0 Å². The fraction of sp³-hybridized carbons (Fsp3) is 0.562. The average molecular weight is 260 g/mol. The van der Waals surface area contributed by atoms with Crippen molar-refractivity contribution in [3.05, 3.63) is 35.4 Å². The van der Waals surface area contributed by atoms with Gasteiger partial charge in [0.25, 0.3) is 0 Å². The summed E-state index contributed by atoms with van der Waals surface area (Å²) in [4.78, 5) is 14.1. The Hall–Kier alpha value is -1.35. The van der Waals surface area contributed by atoms with Gasteiger partial charge in [0.1, 0.15) is 0 Å². The predicted molar refractivity (Wildman–Crippen MR) is 78.0 cm³/mol. The van der Waals surface area contributed by atoms with E-state index in [0.717, 1.165) is 19.4 Å². The van der Waals surface area contributed by atoms with Gasteiger partial charge < -0.3 is 10.6 Å². The van der Waals surface area contributed by atoms with E-state index in [1.165, 1.54) is 11.1 Å². The molecular weight excluding hydrogens is 236 g/mol. The van der Waals surface area contributed by atoms with E-state index in [-0.39, 0.29) is 5.91 Å². The molecule has 0 spiro atoms. The molecule has 1 fully saturated rings. The van der Waals surface area contributed by atoms with Crippen LogP contribution in [0.15, 0.2) is 24.3 Å². The van der Waals surface area contributed by atoms with Crippen molar-refractivity contribution in [2.75, 3.05) is 13.1 Å². The fourth-order valence-electron chi connectivity index (χ4n) is 3.14. The van der Waals surface area contributed by atoms with Crippen molar-refractivity contribution in [3.8, 4) is 0 Å². The minimum atomic E-state index is 0.212. The van der Waals surface area contributed by atoms with Crippen LogP contribution >= 0.6 is 0 Å². The standard InChI is InChI=1S/C16H24N2O/c1-3-15-14(13-6-4-12(2)5-7-13)9-11-18(15)16(19)8-10-17/h4-7,14-15H,3,8-11,17H2,1-2H3. The van der Waals surface area contributed by atoms with E-state index < -0.39 is 0 Å². The van der Waals surface area contributed by atoms with Crippen LogP contribution in [0.3, 0.4) is 0 Å². The fourth-order valence-corrected chi connectivity index (χ4v) is 3.14. The molecule has 2 unspecified atom stereocenters. The summed E-state index contributed by atoms with van der Waals surface area (Å²) in [7, 11) is 0. The summed E-state index contributed by atoms with van der Waals surface area (Å²) in [5, 5.41) is 0. The van der Waals surface area contributed by atoms with Gasteiger partial charge in [0.2, 0.25) is 5.91 Å². The zero-order valence-corrected chi connectivity index (χ0v) is 11.9. The molecule has 1 saturated heterocycles. The zero-order chi connectivity index (χ0) is 13.8. The molecular formula is C16H24N2O. The van der Waals surface area contributed by atoms with E-state index in [9.17, 15) is 4.79 Å². The Balaban J connectivity index is 2.15. The van der Waals surface area contributed by atoms with Gasteiger partial charge in [-0.15, -0.1) is 0 Å². The molecule has 1 aromatic carbocycles. The van der Waals surface area contributed by atoms with Gasteiger partial charge >= 0.3 is 0 Å². The Morgan fingerprint density at radius 2 is 2.05 bits per heavy atom. The maximum atomic E-state index is 12.1. The smallest absolute Gasteiger partial charge is 0.224 e. The topological polar surface area (TPSA) is 46.3 Å². The van der Waals surface area contributed by atoms with E-state index in [1.807, 2.05) is 4.90 Å². The molecule has 1 aliphatic rings. The highest BCUT2D eigenvalue weighted by Crippen LogP contribution is 2.35. The van der Waals surface area contributed by atoms with Crippen molar-refractivity contribution in [2.45, 2.75) is 45.1 Å². The minimum Gasteiger partial charge on any atom is -0.339 e. The second-order valence-electron chi connectivity index (χ2n) is 5.41. The lowest BCUT2D eigenvalue weighted by Crippen LogP contribution is -2.37. The molecule has 2 N–H and O–H groups in total. The van der Waals surface area contributed by atoms with E-state index in [1.54, 1.807) is 0 Å². The Morgan fingerprint density at radius 3 is 2.63 bits per heavy atom. The van der Waals surface area contributed by atoms with Gasteiger partial charge in [-0.25, -0.2) is 0 Å². The molecule has 0 radical (unpaired) electrons. The van der Waals surface area contributed by atoms with Gasteiger partial charge in [-0.1, -0.05) is 36.8 Å². The van der Waals surface area contributed by atoms with Crippen molar-refractivity contribution < 1.29 is 4.79 Å². The summed E-state index contributed by atoms with van der Waals surface area (Å²) >= 11 is 0. The Labute approximate surface area is 115 Å². The molecule has 104 valence electrons. The van der Waals surface area contributed by atoms with Crippen molar-refractivity contribution >= 4 is 5.91 Å². The normalized spacial score (nSPS) is 22.8. The lowest BCUT2D eigenvalue weighted by Gasteiger charge is -2.27. The monoisotopic (exact) mass is 260 g/mol. The third-order valence-electron chi connectivity index (χ3n) is 4.15. The molecule has 1 aliphatic heterocycles. The van der Waals surface area contributed by atoms with Crippen LogP contribution in [0.2, 0.25) is 0 Å². The minimum absolute atomic E-state index is 0.212. The highest BCUT2D eigenvalue weighted by Gasteiger charge is 2.35. The molecule has 1 amide bonds. The Bertz CT molecular complexity index is 427. The van der Waals surface area contributed by atoms with E-state index in [2.05, 4.69) is 38.1 Å². The van der Waals surface area contributed by atoms with Crippen LogP contribution < -0.4 is 5.73 Å². The number of hydrogen-bond acceptors (Lipinski definition) is 2. The molecule has 1 heterocycles. The average Bonchev–Trinajstić information content (AvgIpc) is 2.83. The quantitative estimate of drug-likeness (QED) is 0.904. The summed E-state index contributed by atoms with van der Waals surface area (Å²) in [6.07, 6.45) is 2.55. The van der Waals surface area contributed by atoms with Gasteiger partial charge in [0.05, 0.1) is 0 Å². The van der Waals surface area contributed by atoms with Crippen LogP contribution in [0, 0.1) is 6.92 Å². The number of nitrogens with two attached hydrogens (primary N) is 1. The first-order chi connectivity index (χ1) is 9.17. The van der Waals surface area contributed by atoms with Crippen molar-refractivity contribution in [1.82, 2.24) is 4.90 Å². The number of hydrogen-bond donors (Lipinski definition) is 1. The van der Waals surface area contributed by atoms with Crippen molar-refractivity contribution in [3.63, 3.8) is 0 Å². The number of rotatable bonds is 4. The third-order valence-corrected chi connectivity index (χ3v) is 4.15. The molecule has 1 aromatic rings. The molecule has 2 atom stereocenters. The highest BCUT2D eigenvalue weighted by molar-refractivity contribution is 5.77. The zero-order valence-electron chi connectivity index (χ0n) is 11.9. The number of carbonyl (C=O) groups excluding carboxylic acids is 1. The van der Waals surface area contributed by atoms with Gasteiger partial charge in [0, 0.05) is 31.5 Å². The molecule has 2 rings (SSSR count). The SMILES string of the molecule is CCC1C(c2ccc(C)cc2)CCN1C(=O)CCN. The van der Waals surface area contributed by atoms with Gasteiger partial charge in [-0.05, 0) is 25.3 Å². The maximum Gasteiger partial charge on any atom is 0.224 e. The first-order valence-corrected chi connectivity index (χ1v) is 7.23. The van der Waals surface area contributed by atoms with E-state index in [4.69, 9.17) is 5.73 Å². The van der Waals surface area contributed by atoms with Crippen molar-refractivity contribution in [1.29, 1.82) is 0 Å². The van der Waals surface area contributed by atoms with Gasteiger partial charge in [0.15, 0.2) is 0 Å². The molecule has 3 nitrogen and oxygen atoms in total. The number of likely N-dealkylation sites (tertiary alicyclic amines) is 1. The van der Waals surface area contributed by atoms with Crippen LogP contribution in [0.5, 0.6) is 0 Å². The number of carbonyl (C=O) groups is 1. The van der Waals surface area contributed by atoms with Crippen molar-refractivity contribution in [2.24, 2.45) is 5.73 Å². The van der Waals surface area contributed by atoms with Crippen LogP contribution in [0.1, 0.15) is 43.2 Å². The number of benzene rings is 1. The first kappa shape index (κ1) is 14.1. The molecule has 0 bridgehead atoms. The first-order valence-electron chi connectivity index (χ1n) is 7.23. The van der Waals surface area contributed by atoms with Crippen LogP contribution in [-0.2, 0) is 4.79 Å². The number of aryl methyl sites for hydroxylation is 1. The number of nitrogens with zero attached hydrogens (tertiary/aromatic N) is 1. The second-order valence-corrected chi connectivity index (χ2v) is 5.41. The lowest BCUT2D eigenvalue weighted by molar-refractivity contribution is -0.131. The predicted octanol–water partition coefficient (Wildman–Crippen LogP) is 2.44. The molecule has 19 heavy (non-hydrogen) atoms. The van der Waals surface area contributed by atoms with Crippen LogP contribution in [0.25, 0.3) is 0 Å². The summed E-state index contributed by atoms with van der Waals surface area (Å²) in [6.45, 7) is 5.59. The summed E-state index contributed by atoms with van der Waals surface area (Å²) < 4.78 is 0. The Morgan fingerprint density at radius 1 is 1.37 bits per heavy atom. The summed E-state index contributed by atoms with van der Waals surface area (Å²) in [5.74, 6) is 0.691. The Kier molecular flexibility index (Phi) is 4.59. The lowest BCUT2D eigenvalue weighted by atomic mass is 9.90. The van der Waals surface area contributed by atoms with Crippen LogP contribution in [-0.4, -0.2) is 29.9 Å². The molecule has 0 aromatic heterocycles. The van der Waals surface area contributed by atoms with Gasteiger partial charge in [-0.3, -0.25) is 4.79 Å². The van der Waals surface area contributed by atoms with E-state index >= 15 is 0 Å². The number of amides is 1. The highest BCUT2D eigenvalue weighted by atomic mass is 16.2. The summed E-state index contributed by atoms with van der Waals surface area (Å²) in [5.41, 5.74) is 8.14.